The number of hydrogen-bond donors (Lipinski definition) is 1. The average Bonchev–Trinajstić information content (AvgIpc) is 3.03. The second-order valence-electron chi connectivity index (χ2n) is 4.97. The maximum Gasteiger partial charge on any atom is 0.337 e. The van der Waals surface area contributed by atoms with E-state index in [1.807, 2.05) is 42.5 Å². The fraction of sp³-hybridized carbons (Fsp3) is 0.0588. The predicted molar refractivity (Wildman–Crippen MR) is 78.3 cm³/mol. The van der Waals surface area contributed by atoms with Gasteiger partial charge < -0.3 is 9.84 Å². The first-order valence-corrected chi connectivity index (χ1v) is 6.62. The van der Waals surface area contributed by atoms with Crippen molar-refractivity contribution in [2.75, 3.05) is 0 Å². The third-order valence-electron chi connectivity index (χ3n) is 3.68. The molecule has 0 saturated carbocycles. The van der Waals surface area contributed by atoms with E-state index in [0.717, 1.165) is 22.3 Å². The van der Waals surface area contributed by atoms with Gasteiger partial charge in [-0.25, -0.2) is 9.79 Å². The summed E-state index contributed by atoms with van der Waals surface area (Å²) in [6.45, 7) is 0. The van der Waals surface area contributed by atoms with Gasteiger partial charge in [-0.1, -0.05) is 30.3 Å². The quantitative estimate of drug-likeness (QED) is 0.815. The lowest BCUT2D eigenvalue weighted by atomic mass is 10.1. The molecule has 2 aliphatic rings. The molecule has 2 aromatic rings. The van der Waals surface area contributed by atoms with Crippen LogP contribution in [0.1, 0.15) is 17.2 Å². The molecule has 1 N–H and O–H groups in total. The van der Waals surface area contributed by atoms with Crippen LogP contribution in [0.5, 0.6) is 0 Å². The van der Waals surface area contributed by atoms with Crippen LogP contribution in [0.4, 0.5) is 5.69 Å². The highest BCUT2D eigenvalue weighted by Gasteiger charge is 2.26. The van der Waals surface area contributed by atoms with E-state index in [1.165, 1.54) is 12.2 Å². The van der Waals surface area contributed by atoms with E-state index in [9.17, 15) is 9.90 Å². The van der Waals surface area contributed by atoms with E-state index in [1.54, 1.807) is 0 Å². The highest BCUT2D eigenvalue weighted by molar-refractivity contribution is 6.08. The molecule has 4 rings (SSSR count). The molecule has 0 aromatic heterocycles. The second-order valence-corrected chi connectivity index (χ2v) is 4.97. The predicted octanol–water partition coefficient (Wildman–Crippen LogP) is 2.89. The number of fused-ring (bicyclic) bond motifs is 3. The Kier molecular flexibility index (Phi) is 2.52. The third kappa shape index (κ3) is 1.88. The van der Waals surface area contributed by atoms with Crippen molar-refractivity contribution in [1.29, 1.82) is 0 Å². The highest BCUT2D eigenvalue weighted by atomic mass is 16.5. The Balaban J connectivity index is 1.77. The summed E-state index contributed by atoms with van der Waals surface area (Å²) < 4.78 is 4.91. The molecule has 21 heavy (non-hydrogen) atoms. The zero-order valence-corrected chi connectivity index (χ0v) is 11.0. The zero-order chi connectivity index (χ0) is 14.4. The highest BCUT2D eigenvalue weighted by Crippen LogP contribution is 2.44. The SMILES string of the molecule is O=C1C=CC(=Nc2ccc3c(c2)C(O)c2ccccc2-3)O1. The molecule has 2 aromatic carbocycles. The Morgan fingerprint density at radius 1 is 1.00 bits per heavy atom. The second kappa shape index (κ2) is 4.40. The number of nitrogens with zero attached hydrogens (tertiary/aromatic N) is 1. The maximum atomic E-state index is 11.0. The number of aliphatic hydroxyl groups is 1. The van der Waals surface area contributed by atoms with Gasteiger partial charge in [0.1, 0.15) is 6.10 Å². The first kappa shape index (κ1) is 12.1. The van der Waals surface area contributed by atoms with Gasteiger partial charge in [0, 0.05) is 12.2 Å². The van der Waals surface area contributed by atoms with E-state index >= 15 is 0 Å². The molecule has 0 fully saturated rings. The summed E-state index contributed by atoms with van der Waals surface area (Å²) in [6, 6.07) is 13.4. The molecule has 1 aliphatic heterocycles. The molecular weight excluding hydrogens is 266 g/mol. The van der Waals surface area contributed by atoms with E-state index in [-0.39, 0.29) is 5.90 Å². The van der Waals surface area contributed by atoms with Gasteiger partial charge in [-0.15, -0.1) is 0 Å². The first-order valence-electron chi connectivity index (χ1n) is 6.62. The van der Waals surface area contributed by atoms with Crippen LogP contribution in [0, 0.1) is 0 Å². The zero-order valence-electron chi connectivity index (χ0n) is 11.0. The van der Waals surface area contributed by atoms with Crippen molar-refractivity contribution in [3.05, 3.63) is 65.7 Å². The van der Waals surface area contributed by atoms with Crippen molar-refractivity contribution < 1.29 is 14.6 Å². The number of cyclic esters (lactones) is 1. The Labute approximate surface area is 121 Å². The normalized spacial score (nSPS) is 20.5. The van der Waals surface area contributed by atoms with Crippen LogP contribution in [0.2, 0.25) is 0 Å². The fourth-order valence-corrected chi connectivity index (χ4v) is 2.74. The van der Waals surface area contributed by atoms with Gasteiger partial charge in [-0.2, -0.15) is 0 Å². The Morgan fingerprint density at radius 3 is 2.62 bits per heavy atom. The van der Waals surface area contributed by atoms with Crippen LogP contribution >= 0.6 is 0 Å². The first-order chi connectivity index (χ1) is 10.2. The molecule has 4 nitrogen and oxygen atoms in total. The van der Waals surface area contributed by atoms with Gasteiger partial charge in [-0.3, -0.25) is 0 Å². The minimum atomic E-state index is -0.641. The molecule has 0 radical (unpaired) electrons. The number of carbonyl (C=O) groups excluding carboxylic acids is 1. The Bertz CT molecular complexity index is 821. The molecule has 4 heteroatoms. The summed E-state index contributed by atoms with van der Waals surface area (Å²) in [5.41, 5.74) is 4.44. The molecule has 0 spiro atoms. The van der Waals surface area contributed by atoms with Crippen molar-refractivity contribution in [3.63, 3.8) is 0 Å². The number of hydrogen-bond acceptors (Lipinski definition) is 4. The number of rotatable bonds is 1. The molecule has 1 aliphatic carbocycles. The summed E-state index contributed by atoms with van der Waals surface area (Å²) in [5.74, 6) is -0.146. The summed E-state index contributed by atoms with van der Waals surface area (Å²) in [5, 5.41) is 10.4. The van der Waals surface area contributed by atoms with Crippen LogP contribution in [-0.2, 0) is 9.53 Å². The smallest absolute Gasteiger partial charge is 0.337 e. The number of carbonyl (C=O) groups is 1. The number of esters is 1. The Morgan fingerprint density at radius 2 is 1.81 bits per heavy atom. The lowest BCUT2D eigenvalue weighted by Gasteiger charge is -2.06. The topological polar surface area (TPSA) is 58.9 Å². The standard InChI is InChI=1S/C17H11NO3/c19-16-8-7-15(21-16)18-10-5-6-12-11-3-1-2-4-13(11)17(20)14(12)9-10/h1-9,17,20H. The van der Waals surface area contributed by atoms with Crippen LogP contribution in [-0.4, -0.2) is 17.0 Å². The number of aliphatic imine (C=N–C) groups is 1. The van der Waals surface area contributed by atoms with Crippen LogP contribution in [0.3, 0.4) is 0 Å². The van der Waals surface area contributed by atoms with Crippen LogP contribution in [0.15, 0.2) is 59.6 Å². The van der Waals surface area contributed by atoms with Crippen molar-refractivity contribution in [1.82, 2.24) is 0 Å². The minimum absolute atomic E-state index is 0.268. The van der Waals surface area contributed by atoms with Crippen molar-refractivity contribution >= 4 is 17.6 Å². The van der Waals surface area contributed by atoms with E-state index in [2.05, 4.69) is 4.99 Å². The number of aliphatic hydroxyl groups excluding tert-OH is 1. The average molecular weight is 277 g/mol. The third-order valence-corrected chi connectivity index (χ3v) is 3.68. The summed E-state index contributed by atoms with van der Waals surface area (Å²) in [6.07, 6.45) is 2.22. The van der Waals surface area contributed by atoms with Gasteiger partial charge in [0.05, 0.1) is 5.69 Å². The van der Waals surface area contributed by atoms with E-state index in [0.29, 0.717) is 5.69 Å². The van der Waals surface area contributed by atoms with Gasteiger partial charge in [0.15, 0.2) is 0 Å². The summed E-state index contributed by atoms with van der Waals surface area (Å²) >= 11 is 0. The van der Waals surface area contributed by atoms with Crippen molar-refractivity contribution in [3.8, 4) is 11.1 Å². The van der Waals surface area contributed by atoms with Crippen molar-refractivity contribution in [2.24, 2.45) is 4.99 Å². The molecule has 102 valence electrons. The lowest BCUT2D eigenvalue weighted by molar-refractivity contribution is -0.129. The Hall–Kier alpha value is -2.72. The largest absolute Gasteiger partial charge is 0.404 e. The van der Waals surface area contributed by atoms with Gasteiger partial charge >= 0.3 is 5.97 Å². The van der Waals surface area contributed by atoms with Gasteiger partial charge in [0.25, 0.3) is 0 Å². The van der Waals surface area contributed by atoms with Crippen LogP contribution in [0.25, 0.3) is 11.1 Å². The molecule has 1 atom stereocenters. The van der Waals surface area contributed by atoms with E-state index in [4.69, 9.17) is 4.74 Å². The molecule has 0 bridgehead atoms. The van der Waals surface area contributed by atoms with Crippen LogP contribution < -0.4 is 0 Å². The molecule has 0 saturated heterocycles. The van der Waals surface area contributed by atoms with Gasteiger partial charge in [0.2, 0.25) is 5.90 Å². The molecular formula is C17H11NO3. The molecule has 1 heterocycles. The minimum Gasteiger partial charge on any atom is -0.404 e. The number of ether oxygens (including phenoxy) is 1. The summed E-state index contributed by atoms with van der Waals surface area (Å²) in [7, 11) is 0. The number of benzene rings is 2. The molecule has 1 unspecified atom stereocenters. The summed E-state index contributed by atoms with van der Waals surface area (Å²) in [4.78, 5) is 15.3. The lowest BCUT2D eigenvalue weighted by Crippen LogP contribution is -1.98. The molecule has 0 amide bonds. The van der Waals surface area contributed by atoms with Gasteiger partial charge in [-0.05, 0) is 34.4 Å². The van der Waals surface area contributed by atoms with E-state index < -0.39 is 12.1 Å². The fourth-order valence-electron chi connectivity index (χ4n) is 2.74. The maximum absolute atomic E-state index is 11.0. The monoisotopic (exact) mass is 277 g/mol. The van der Waals surface area contributed by atoms with Crippen molar-refractivity contribution in [2.45, 2.75) is 6.10 Å².